The van der Waals surface area contributed by atoms with Crippen molar-refractivity contribution in [2.24, 2.45) is 5.10 Å². The molecule has 8 heteroatoms. The fraction of sp³-hybridized carbons (Fsp3) is 0.176. The van der Waals surface area contributed by atoms with Gasteiger partial charge in [-0.05, 0) is 52.7 Å². The largest absolute Gasteiger partial charge is 0.493 e. The number of amides is 1. The van der Waals surface area contributed by atoms with Crippen LogP contribution in [0.4, 0.5) is 0 Å². The Bertz CT molecular complexity index is 810. The van der Waals surface area contributed by atoms with Crippen molar-refractivity contribution in [3.8, 4) is 11.5 Å². The fourth-order valence-electron chi connectivity index (χ4n) is 1.92. The minimum absolute atomic E-state index is 0.189. The van der Waals surface area contributed by atoms with Gasteiger partial charge >= 0.3 is 0 Å². The molecule has 5 nitrogen and oxygen atoms in total. The number of nitrogens with one attached hydrogen (secondary N) is 1. The van der Waals surface area contributed by atoms with Crippen LogP contribution in [0, 0.1) is 0 Å². The van der Waals surface area contributed by atoms with Crippen molar-refractivity contribution in [2.45, 2.75) is 6.92 Å². The molecule has 0 aliphatic carbocycles. The molecule has 0 unspecified atom stereocenters. The van der Waals surface area contributed by atoms with Crippen LogP contribution in [0.1, 0.15) is 12.5 Å². The second-order valence-electron chi connectivity index (χ2n) is 4.95. The van der Waals surface area contributed by atoms with Gasteiger partial charge < -0.3 is 9.47 Å². The van der Waals surface area contributed by atoms with Gasteiger partial charge in [0.2, 0.25) is 0 Å². The molecule has 0 fully saturated rings. The maximum absolute atomic E-state index is 12.0. The second-order valence-corrected chi connectivity index (χ2v) is 7.64. The number of benzene rings is 2. The Morgan fingerprint density at radius 3 is 2.60 bits per heavy atom. The van der Waals surface area contributed by atoms with Gasteiger partial charge in [0.1, 0.15) is 0 Å². The quantitative estimate of drug-likeness (QED) is 0.423. The molecule has 25 heavy (non-hydrogen) atoms. The smallest absolute Gasteiger partial charge is 0.277 e. The number of hydrogen-bond donors (Lipinski definition) is 1. The zero-order chi connectivity index (χ0) is 18.4. The van der Waals surface area contributed by atoms with E-state index >= 15 is 0 Å². The minimum atomic E-state index is -0.369. The van der Waals surface area contributed by atoms with Gasteiger partial charge in [-0.1, -0.05) is 44.0 Å². The first kappa shape index (κ1) is 19.9. The molecule has 0 bridgehead atoms. The summed E-state index contributed by atoms with van der Waals surface area (Å²) in [5.74, 6) is 0.600. The summed E-state index contributed by atoms with van der Waals surface area (Å²) in [6.45, 7) is 1.63. The first-order chi connectivity index (χ1) is 11.9. The molecule has 0 radical (unpaired) electrons. The van der Waals surface area contributed by atoms with Gasteiger partial charge in [0.15, 0.2) is 18.1 Å². The van der Waals surface area contributed by atoms with Gasteiger partial charge in [-0.15, -0.1) is 0 Å². The van der Waals surface area contributed by atoms with E-state index in [0.717, 1.165) is 14.5 Å². The highest BCUT2D eigenvalue weighted by atomic mass is 79.9. The normalized spacial score (nSPS) is 11.2. The van der Waals surface area contributed by atoms with Crippen molar-refractivity contribution in [2.75, 3.05) is 13.7 Å². The van der Waals surface area contributed by atoms with Crippen LogP contribution in [0.25, 0.3) is 0 Å². The Hall–Kier alpha value is -1.38. The Kier molecular flexibility index (Phi) is 7.46. The number of rotatable bonds is 6. The highest BCUT2D eigenvalue weighted by Crippen LogP contribution is 2.38. The molecule has 0 saturated carbocycles. The first-order valence-electron chi connectivity index (χ1n) is 7.15. The van der Waals surface area contributed by atoms with Crippen LogP contribution in [0.15, 0.2) is 54.9 Å². The van der Waals surface area contributed by atoms with E-state index in [1.807, 2.05) is 37.3 Å². The zero-order valence-corrected chi connectivity index (χ0v) is 18.2. The number of carbonyl (C=O) groups is 1. The molecule has 0 heterocycles. The van der Waals surface area contributed by atoms with Crippen LogP contribution in [-0.4, -0.2) is 25.3 Å². The van der Waals surface area contributed by atoms with Gasteiger partial charge in [0.25, 0.3) is 5.91 Å². The molecular formula is C17H15Br3N2O3. The lowest BCUT2D eigenvalue weighted by Gasteiger charge is -2.12. The maximum Gasteiger partial charge on any atom is 0.277 e. The molecule has 0 aliphatic heterocycles. The molecule has 0 aliphatic rings. The molecule has 2 aromatic rings. The summed E-state index contributed by atoms with van der Waals surface area (Å²) in [5.41, 5.74) is 4.08. The summed E-state index contributed by atoms with van der Waals surface area (Å²) in [5, 5.41) is 4.09. The highest BCUT2D eigenvalue weighted by Gasteiger charge is 2.13. The first-order valence-corrected chi connectivity index (χ1v) is 9.53. The van der Waals surface area contributed by atoms with E-state index in [2.05, 4.69) is 58.3 Å². The van der Waals surface area contributed by atoms with Crippen molar-refractivity contribution in [3.05, 3.63) is 55.4 Å². The summed E-state index contributed by atoms with van der Waals surface area (Å²) >= 11 is 10.2. The summed E-state index contributed by atoms with van der Waals surface area (Å²) in [6.07, 6.45) is 0. The Morgan fingerprint density at radius 1 is 1.16 bits per heavy atom. The van der Waals surface area contributed by atoms with Gasteiger partial charge in [0, 0.05) is 8.95 Å². The number of ether oxygens (including phenoxy) is 2. The Morgan fingerprint density at radius 2 is 1.92 bits per heavy atom. The van der Waals surface area contributed by atoms with E-state index in [0.29, 0.717) is 21.7 Å². The molecule has 0 saturated heterocycles. The van der Waals surface area contributed by atoms with Gasteiger partial charge in [0.05, 0.1) is 17.3 Å². The third kappa shape index (κ3) is 5.83. The maximum atomic E-state index is 12.0. The average Bonchev–Trinajstić information content (AvgIpc) is 2.58. The van der Waals surface area contributed by atoms with E-state index in [9.17, 15) is 4.79 Å². The van der Waals surface area contributed by atoms with E-state index in [1.54, 1.807) is 6.07 Å². The third-order valence-electron chi connectivity index (χ3n) is 3.13. The Balaban J connectivity index is 1.98. The molecule has 2 aromatic carbocycles. The number of hydrazone groups is 1. The number of hydrogen-bond acceptors (Lipinski definition) is 4. The SMILES string of the molecule is COc1cc(Br)cc(Br)c1OCC(=O)N/N=C(/C)c1cccc(Br)c1. The molecule has 2 rings (SSSR count). The average molecular weight is 535 g/mol. The Labute approximate surface area is 171 Å². The fourth-order valence-corrected chi connectivity index (χ4v) is 3.62. The monoisotopic (exact) mass is 532 g/mol. The molecule has 1 amide bonds. The van der Waals surface area contributed by atoms with Crippen molar-refractivity contribution >= 4 is 59.4 Å². The molecule has 0 spiro atoms. The molecular weight excluding hydrogens is 520 g/mol. The van der Waals surface area contributed by atoms with Crippen molar-refractivity contribution in [1.29, 1.82) is 0 Å². The van der Waals surface area contributed by atoms with Crippen LogP contribution in [0.2, 0.25) is 0 Å². The van der Waals surface area contributed by atoms with Crippen LogP contribution >= 0.6 is 47.8 Å². The lowest BCUT2D eigenvalue weighted by Crippen LogP contribution is -2.25. The lowest BCUT2D eigenvalue weighted by molar-refractivity contribution is -0.123. The van der Waals surface area contributed by atoms with Crippen molar-refractivity contribution in [3.63, 3.8) is 0 Å². The predicted molar refractivity (Wildman–Crippen MR) is 108 cm³/mol. The second kappa shape index (κ2) is 9.35. The molecule has 132 valence electrons. The third-order valence-corrected chi connectivity index (χ3v) is 4.67. The van der Waals surface area contributed by atoms with Gasteiger partial charge in [-0.2, -0.15) is 5.10 Å². The van der Waals surface area contributed by atoms with E-state index in [-0.39, 0.29) is 12.5 Å². The van der Waals surface area contributed by atoms with Crippen LogP contribution < -0.4 is 14.9 Å². The van der Waals surface area contributed by atoms with Crippen molar-refractivity contribution < 1.29 is 14.3 Å². The van der Waals surface area contributed by atoms with Crippen molar-refractivity contribution in [1.82, 2.24) is 5.43 Å². The van der Waals surface area contributed by atoms with E-state index in [4.69, 9.17) is 9.47 Å². The number of methoxy groups -OCH3 is 1. The minimum Gasteiger partial charge on any atom is -0.493 e. The standard InChI is InChI=1S/C17H15Br3N2O3/c1-10(11-4-3-5-12(18)6-11)21-22-16(23)9-25-17-14(20)7-13(19)8-15(17)24-2/h3-8H,9H2,1-2H3,(H,22,23)/b21-10-. The summed E-state index contributed by atoms with van der Waals surface area (Å²) < 4.78 is 13.3. The topological polar surface area (TPSA) is 59.9 Å². The van der Waals surface area contributed by atoms with E-state index < -0.39 is 0 Å². The van der Waals surface area contributed by atoms with Crippen LogP contribution in [-0.2, 0) is 4.79 Å². The van der Waals surface area contributed by atoms with Crippen LogP contribution in [0.5, 0.6) is 11.5 Å². The van der Waals surface area contributed by atoms with Gasteiger partial charge in [-0.25, -0.2) is 5.43 Å². The van der Waals surface area contributed by atoms with E-state index in [1.165, 1.54) is 7.11 Å². The summed E-state index contributed by atoms with van der Waals surface area (Å²) in [7, 11) is 1.53. The molecule has 0 aromatic heterocycles. The summed E-state index contributed by atoms with van der Waals surface area (Å²) in [4.78, 5) is 12.0. The predicted octanol–water partition coefficient (Wildman–Crippen LogP) is 4.90. The van der Waals surface area contributed by atoms with Crippen LogP contribution in [0.3, 0.4) is 0 Å². The number of nitrogens with zero attached hydrogens (tertiary/aromatic N) is 1. The highest BCUT2D eigenvalue weighted by molar-refractivity contribution is 9.11. The molecule has 0 atom stereocenters. The number of carbonyl (C=O) groups excluding carboxylic acids is 1. The summed E-state index contributed by atoms with van der Waals surface area (Å²) in [6, 6.07) is 11.2. The zero-order valence-electron chi connectivity index (χ0n) is 13.5. The number of halogens is 3. The molecule has 1 N–H and O–H groups in total. The van der Waals surface area contributed by atoms with Gasteiger partial charge in [-0.3, -0.25) is 4.79 Å². The lowest BCUT2D eigenvalue weighted by atomic mass is 10.1.